The molecule has 4 aromatic carbocycles. The second-order valence-corrected chi connectivity index (χ2v) is 12.6. The Bertz CT molecular complexity index is 1950. The Kier molecular flexibility index (Phi) is 8.11. The van der Waals surface area contributed by atoms with Crippen LogP contribution in [0.5, 0.6) is 11.5 Å². The summed E-state index contributed by atoms with van der Waals surface area (Å²) in [6, 6.07) is 23.5. The van der Waals surface area contributed by atoms with Crippen LogP contribution in [0.25, 0.3) is 16.5 Å². The van der Waals surface area contributed by atoms with E-state index < -0.39 is 17.7 Å². The van der Waals surface area contributed by atoms with Crippen molar-refractivity contribution >= 4 is 56.5 Å². The van der Waals surface area contributed by atoms with Gasteiger partial charge in [-0.05, 0) is 66.4 Å². The molecule has 1 aromatic heterocycles. The van der Waals surface area contributed by atoms with Crippen molar-refractivity contribution in [2.24, 2.45) is 0 Å². The van der Waals surface area contributed by atoms with E-state index in [1.54, 1.807) is 25.1 Å². The summed E-state index contributed by atoms with van der Waals surface area (Å²) in [5.74, 6) is -1.18. The lowest BCUT2D eigenvalue weighted by molar-refractivity contribution is -0.132. The van der Waals surface area contributed by atoms with Gasteiger partial charge in [0, 0.05) is 11.3 Å². The number of ketones is 1. The summed E-state index contributed by atoms with van der Waals surface area (Å²) in [6.07, 6.45) is 0. The molecule has 6 rings (SSSR count). The van der Waals surface area contributed by atoms with Gasteiger partial charge in [-0.1, -0.05) is 89.3 Å². The molecule has 1 amide bonds. The summed E-state index contributed by atoms with van der Waals surface area (Å²) in [5, 5.41) is 33.2. The number of fused-ring (bicyclic) bond motifs is 1. The number of aryl methyl sites for hydroxylation is 2. The average Bonchev–Trinajstić information content (AvgIpc) is 3.59. The maximum absolute atomic E-state index is 13.7. The Balaban J connectivity index is 1.42. The van der Waals surface area contributed by atoms with Crippen molar-refractivity contribution in [1.29, 1.82) is 0 Å². The van der Waals surface area contributed by atoms with Crippen LogP contribution in [0.1, 0.15) is 40.8 Å². The molecule has 1 saturated heterocycles. The predicted molar refractivity (Wildman–Crippen MR) is 173 cm³/mol. The normalized spacial score (nSPS) is 16.2. The van der Waals surface area contributed by atoms with E-state index in [0.29, 0.717) is 27.8 Å². The number of phenols is 1. The number of thioether (sulfide) groups is 1. The third-order valence-electron chi connectivity index (χ3n) is 7.53. The summed E-state index contributed by atoms with van der Waals surface area (Å²) in [7, 11) is 0. The number of aromatic hydroxyl groups is 1. The molecule has 0 spiro atoms. The molecule has 2 N–H and O–H groups in total. The number of anilines is 1. The van der Waals surface area contributed by atoms with Crippen molar-refractivity contribution in [2.45, 2.75) is 36.9 Å². The second-order valence-electron chi connectivity index (χ2n) is 10.4. The Morgan fingerprint density at radius 1 is 1.00 bits per heavy atom. The van der Waals surface area contributed by atoms with E-state index in [1.165, 1.54) is 34.1 Å². The zero-order valence-electron chi connectivity index (χ0n) is 24.3. The Labute approximate surface area is 262 Å². The molecule has 0 saturated carbocycles. The van der Waals surface area contributed by atoms with Gasteiger partial charge in [0.15, 0.2) is 15.8 Å². The number of amides is 1. The molecule has 44 heavy (non-hydrogen) atoms. The summed E-state index contributed by atoms with van der Waals surface area (Å²) in [5.41, 5.74) is 3.64. The fourth-order valence-corrected chi connectivity index (χ4v) is 7.24. The first-order valence-electron chi connectivity index (χ1n) is 14.0. The summed E-state index contributed by atoms with van der Waals surface area (Å²) < 4.78 is 6.24. The zero-order chi connectivity index (χ0) is 31.0. The van der Waals surface area contributed by atoms with Gasteiger partial charge < -0.3 is 14.9 Å². The highest BCUT2D eigenvalue weighted by Crippen LogP contribution is 2.46. The maximum Gasteiger partial charge on any atom is 0.301 e. The topological polar surface area (TPSA) is 113 Å². The van der Waals surface area contributed by atoms with Gasteiger partial charge in [0.2, 0.25) is 5.13 Å². The van der Waals surface area contributed by atoms with Gasteiger partial charge in [-0.3, -0.25) is 14.5 Å². The molecule has 1 unspecified atom stereocenters. The molecule has 1 aliphatic heterocycles. The largest absolute Gasteiger partial charge is 0.507 e. The van der Waals surface area contributed by atoms with E-state index in [9.17, 15) is 19.8 Å². The maximum atomic E-state index is 13.7. The standard InChI is InChI=1S/C34H29N3O5S2/c1-4-42-27-17-22(14-15-26(27)38)29-28(30(39)25-16-19(2)12-13-20(25)3)31(40)32(41)37(29)33-35-36-34(44-33)43-18-23-10-7-9-21-8-5-6-11-24(21)23/h5-17,29,38-39H,4,18H2,1-3H3. The monoisotopic (exact) mass is 623 g/mol. The van der Waals surface area contributed by atoms with E-state index in [-0.39, 0.29) is 28.0 Å². The molecule has 0 radical (unpaired) electrons. The van der Waals surface area contributed by atoms with Crippen LogP contribution in [0, 0.1) is 13.8 Å². The number of carbonyl (C=O) groups is 2. The Morgan fingerprint density at radius 3 is 2.61 bits per heavy atom. The van der Waals surface area contributed by atoms with Crippen LogP contribution in [0.4, 0.5) is 5.13 Å². The molecule has 8 nitrogen and oxygen atoms in total. The van der Waals surface area contributed by atoms with Crippen molar-refractivity contribution in [3.05, 3.63) is 112 Å². The van der Waals surface area contributed by atoms with Crippen molar-refractivity contribution in [1.82, 2.24) is 10.2 Å². The second kappa shape index (κ2) is 12.1. The third kappa shape index (κ3) is 5.42. The zero-order valence-corrected chi connectivity index (χ0v) is 25.9. The Morgan fingerprint density at radius 2 is 1.80 bits per heavy atom. The minimum Gasteiger partial charge on any atom is -0.507 e. The number of aliphatic hydroxyl groups excluding tert-OH is 1. The van der Waals surface area contributed by atoms with Crippen LogP contribution in [-0.2, 0) is 15.3 Å². The van der Waals surface area contributed by atoms with Crippen molar-refractivity contribution in [3.63, 3.8) is 0 Å². The van der Waals surface area contributed by atoms with Crippen LogP contribution in [-0.4, -0.2) is 38.7 Å². The van der Waals surface area contributed by atoms with E-state index in [1.807, 2.05) is 44.2 Å². The van der Waals surface area contributed by atoms with Gasteiger partial charge in [-0.25, -0.2) is 0 Å². The average molecular weight is 624 g/mol. The minimum absolute atomic E-state index is 0.0722. The number of carbonyl (C=O) groups excluding carboxylic acids is 2. The van der Waals surface area contributed by atoms with Crippen molar-refractivity contribution in [3.8, 4) is 11.5 Å². The molecular formula is C34H29N3O5S2. The van der Waals surface area contributed by atoms with E-state index in [2.05, 4.69) is 34.5 Å². The van der Waals surface area contributed by atoms with Crippen molar-refractivity contribution in [2.75, 3.05) is 11.5 Å². The number of aliphatic hydroxyl groups is 1. The van der Waals surface area contributed by atoms with Crippen LogP contribution in [0.15, 0.2) is 88.8 Å². The highest BCUT2D eigenvalue weighted by atomic mass is 32.2. The smallest absolute Gasteiger partial charge is 0.301 e. The number of Topliss-reactive ketones (excluding diaryl/α,β-unsaturated/α-hetero) is 1. The molecule has 0 bridgehead atoms. The van der Waals surface area contributed by atoms with Crippen LogP contribution < -0.4 is 9.64 Å². The number of hydrogen-bond acceptors (Lipinski definition) is 9. The molecule has 1 atom stereocenters. The number of aromatic nitrogens is 2. The van der Waals surface area contributed by atoms with Crippen LogP contribution >= 0.6 is 23.1 Å². The van der Waals surface area contributed by atoms with Gasteiger partial charge in [0.05, 0.1) is 18.2 Å². The molecule has 5 aromatic rings. The van der Waals surface area contributed by atoms with Crippen molar-refractivity contribution < 1.29 is 24.5 Å². The number of hydrogen-bond donors (Lipinski definition) is 2. The van der Waals surface area contributed by atoms with Gasteiger partial charge >= 0.3 is 5.91 Å². The number of phenolic OH excluding ortho intramolecular Hbond substituents is 1. The lowest BCUT2D eigenvalue weighted by Crippen LogP contribution is -2.29. The first kappa shape index (κ1) is 29.4. The van der Waals surface area contributed by atoms with E-state index >= 15 is 0 Å². The van der Waals surface area contributed by atoms with Gasteiger partial charge in [0.1, 0.15) is 5.76 Å². The lowest BCUT2D eigenvalue weighted by Gasteiger charge is -2.23. The molecular weight excluding hydrogens is 595 g/mol. The van der Waals surface area contributed by atoms with Gasteiger partial charge in [0.25, 0.3) is 5.78 Å². The summed E-state index contributed by atoms with van der Waals surface area (Å²) >= 11 is 2.69. The Hall–Kier alpha value is -4.67. The SMILES string of the molecule is CCOc1cc(C2C(=C(O)c3cc(C)ccc3C)C(=O)C(=O)N2c2nnc(SCc3cccc4ccccc34)s2)ccc1O. The molecule has 1 fully saturated rings. The number of nitrogens with zero attached hydrogens (tertiary/aromatic N) is 3. The minimum atomic E-state index is -1.03. The molecule has 10 heteroatoms. The number of rotatable bonds is 8. The highest BCUT2D eigenvalue weighted by Gasteiger charge is 2.48. The number of benzene rings is 4. The lowest BCUT2D eigenvalue weighted by atomic mass is 9.93. The summed E-state index contributed by atoms with van der Waals surface area (Å²) in [6.45, 7) is 5.81. The van der Waals surface area contributed by atoms with Crippen LogP contribution in [0.2, 0.25) is 0 Å². The molecule has 2 heterocycles. The van der Waals surface area contributed by atoms with Gasteiger partial charge in [-0.15, -0.1) is 10.2 Å². The fraction of sp³-hybridized carbons (Fsp3) is 0.176. The van der Waals surface area contributed by atoms with E-state index in [4.69, 9.17) is 4.74 Å². The van der Waals surface area contributed by atoms with E-state index in [0.717, 1.165) is 27.5 Å². The molecule has 1 aliphatic rings. The predicted octanol–water partition coefficient (Wildman–Crippen LogP) is 7.33. The van der Waals surface area contributed by atoms with Crippen LogP contribution in [0.3, 0.4) is 0 Å². The third-order valence-corrected chi connectivity index (χ3v) is 9.63. The molecule has 222 valence electrons. The summed E-state index contributed by atoms with van der Waals surface area (Å²) in [4.78, 5) is 28.6. The fourth-order valence-electron chi connectivity index (χ4n) is 5.37. The number of ether oxygens (including phenoxy) is 1. The van der Waals surface area contributed by atoms with Gasteiger partial charge in [-0.2, -0.15) is 0 Å². The quantitative estimate of drug-likeness (QED) is 0.0607. The first-order valence-corrected chi connectivity index (χ1v) is 15.8. The molecule has 0 aliphatic carbocycles. The first-order chi connectivity index (χ1) is 21.3. The highest BCUT2D eigenvalue weighted by molar-refractivity contribution is 8.00.